The van der Waals surface area contributed by atoms with Gasteiger partial charge >= 0.3 is 0 Å². The average Bonchev–Trinajstić information content (AvgIpc) is 2.49. The Morgan fingerprint density at radius 2 is 2.14 bits per heavy atom. The topological polar surface area (TPSA) is 54.0 Å². The SMILES string of the molecule is CNc1ccncc1C(=O)NCCc1ccc(F)cc1C. The Morgan fingerprint density at radius 3 is 2.86 bits per heavy atom. The molecule has 0 saturated carbocycles. The van der Waals surface area contributed by atoms with Crippen LogP contribution >= 0.6 is 0 Å². The van der Waals surface area contributed by atoms with Crippen LogP contribution in [0.4, 0.5) is 10.1 Å². The van der Waals surface area contributed by atoms with Crippen molar-refractivity contribution >= 4 is 11.6 Å². The van der Waals surface area contributed by atoms with Crippen LogP contribution in [-0.4, -0.2) is 24.5 Å². The first-order valence-electron chi connectivity index (χ1n) is 6.77. The summed E-state index contributed by atoms with van der Waals surface area (Å²) in [5, 5.41) is 5.81. The van der Waals surface area contributed by atoms with E-state index in [1.165, 1.54) is 18.3 Å². The van der Waals surface area contributed by atoms with Gasteiger partial charge in [-0.25, -0.2) is 4.39 Å². The van der Waals surface area contributed by atoms with Gasteiger partial charge < -0.3 is 10.6 Å². The van der Waals surface area contributed by atoms with Crippen molar-refractivity contribution in [3.63, 3.8) is 0 Å². The van der Waals surface area contributed by atoms with Crippen LogP contribution in [0.15, 0.2) is 36.7 Å². The quantitative estimate of drug-likeness (QED) is 0.888. The number of aryl methyl sites for hydroxylation is 1. The standard InChI is InChI=1S/C16H18FN3O/c1-11-9-13(17)4-3-12(11)5-8-20-16(21)14-10-19-7-6-15(14)18-2/h3-4,6-7,9-10H,5,8H2,1-2H3,(H,18,19)(H,20,21). The zero-order valence-corrected chi connectivity index (χ0v) is 12.1. The molecule has 0 unspecified atom stereocenters. The van der Waals surface area contributed by atoms with Crippen molar-refractivity contribution in [2.24, 2.45) is 0 Å². The first-order valence-corrected chi connectivity index (χ1v) is 6.77. The molecule has 0 atom stereocenters. The Labute approximate surface area is 123 Å². The summed E-state index contributed by atoms with van der Waals surface area (Å²) in [4.78, 5) is 16.1. The molecule has 0 aliphatic rings. The van der Waals surface area contributed by atoms with Crippen LogP contribution < -0.4 is 10.6 Å². The molecular weight excluding hydrogens is 269 g/mol. The molecule has 1 aromatic heterocycles. The highest BCUT2D eigenvalue weighted by Crippen LogP contribution is 2.13. The molecular formula is C16H18FN3O. The highest BCUT2D eigenvalue weighted by Gasteiger charge is 2.10. The summed E-state index contributed by atoms with van der Waals surface area (Å²) in [5.41, 5.74) is 3.16. The fourth-order valence-corrected chi connectivity index (χ4v) is 2.14. The number of pyridine rings is 1. The highest BCUT2D eigenvalue weighted by molar-refractivity contribution is 5.99. The number of hydrogen-bond donors (Lipinski definition) is 2. The number of rotatable bonds is 5. The summed E-state index contributed by atoms with van der Waals surface area (Å²) in [6, 6.07) is 6.43. The molecule has 2 rings (SSSR count). The molecule has 0 aliphatic carbocycles. The van der Waals surface area contributed by atoms with E-state index in [-0.39, 0.29) is 11.7 Å². The highest BCUT2D eigenvalue weighted by atomic mass is 19.1. The first-order chi connectivity index (χ1) is 10.1. The van der Waals surface area contributed by atoms with E-state index in [0.29, 0.717) is 18.5 Å². The van der Waals surface area contributed by atoms with Gasteiger partial charge in [0.15, 0.2) is 0 Å². The van der Waals surface area contributed by atoms with Crippen molar-refractivity contribution < 1.29 is 9.18 Å². The van der Waals surface area contributed by atoms with Crippen molar-refractivity contribution in [3.05, 3.63) is 59.2 Å². The number of carbonyl (C=O) groups excluding carboxylic acids is 1. The van der Waals surface area contributed by atoms with Crippen LogP contribution in [0.3, 0.4) is 0 Å². The number of benzene rings is 1. The molecule has 110 valence electrons. The molecule has 0 saturated heterocycles. The van der Waals surface area contributed by atoms with Gasteiger partial charge in [0.1, 0.15) is 5.82 Å². The van der Waals surface area contributed by atoms with Gasteiger partial charge in [0.25, 0.3) is 5.91 Å². The lowest BCUT2D eigenvalue weighted by atomic mass is 10.1. The number of carbonyl (C=O) groups is 1. The molecule has 2 aromatic rings. The van der Waals surface area contributed by atoms with Crippen LogP contribution in [0.5, 0.6) is 0 Å². The summed E-state index contributed by atoms with van der Waals surface area (Å²) < 4.78 is 13.0. The summed E-state index contributed by atoms with van der Waals surface area (Å²) in [7, 11) is 1.76. The lowest BCUT2D eigenvalue weighted by molar-refractivity contribution is 0.0954. The normalized spacial score (nSPS) is 10.2. The second-order valence-electron chi connectivity index (χ2n) is 4.75. The molecule has 2 N–H and O–H groups in total. The van der Waals surface area contributed by atoms with E-state index in [9.17, 15) is 9.18 Å². The van der Waals surface area contributed by atoms with Crippen LogP contribution in [0, 0.1) is 12.7 Å². The summed E-state index contributed by atoms with van der Waals surface area (Å²) in [6.07, 6.45) is 3.82. The van der Waals surface area contributed by atoms with E-state index in [0.717, 1.165) is 16.8 Å². The maximum absolute atomic E-state index is 13.0. The fourth-order valence-electron chi connectivity index (χ4n) is 2.14. The van der Waals surface area contributed by atoms with E-state index in [1.54, 1.807) is 25.4 Å². The van der Waals surface area contributed by atoms with Crippen molar-refractivity contribution in [1.82, 2.24) is 10.3 Å². The summed E-state index contributed by atoms with van der Waals surface area (Å²) in [6.45, 7) is 2.35. The number of halogens is 1. The van der Waals surface area contributed by atoms with E-state index in [2.05, 4.69) is 15.6 Å². The van der Waals surface area contributed by atoms with Gasteiger partial charge in [0.05, 0.1) is 5.56 Å². The van der Waals surface area contributed by atoms with Gasteiger partial charge in [-0.2, -0.15) is 0 Å². The van der Waals surface area contributed by atoms with Crippen molar-refractivity contribution in [3.8, 4) is 0 Å². The number of amides is 1. The minimum atomic E-state index is -0.241. The van der Waals surface area contributed by atoms with Gasteiger partial charge in [-0.15, -0.1) is 0 Å². The van der Waals surface area contributed by atoms with E-state index in [1.807, 2.05) is 6.92 Å². The molecule has 0 bridgehead atoms. The van der Waals surface area contributed by atoms with E-state index in [4.69, 9.17) is 0 Å². The Morgan fingerprint density at radius 1 is 1.33 bits per heavy atom. The molecule has 0 spiro atoms. The second-order valence-corrected chi connectivity index (χ2v) is 4.75. The minimum Gasteiger partial charge on any atom is -0.387 e. The van der Waals surface area contributed by atoms with Crippen molar-refractivity contribution in [1.29, 1.82) is 0 Å². The van der Waals surface area contributed by atoms with Gasteiger partial charge in [-0.3, -0.25) is 9.78 Å². The van der Waals surface area contributed by atoms with Crippen LogP contribution in [0.1, 0.15) is 21.5 Å². The maximum atomic E-state index is 13.0. The average molecular weight is 287 g/mol. The number of nitrogens with zero attached hydrogens (tertiary/aromatic N) is 1. The third kappa shape index (κ3) is 3.78. The molecule has 21 heavy (non-hydrogen) atoms. The smallest absolute Gasteiger partial charge is 0.254 e. The predicted octanol–water partition coefficient (Wildman–Crippen LogP) is 2.54. The zero-order chi connectivity index (χ0) is 15.2. The maximum Gasteiger partial charge on any atom is 0.254 e. The third-order valence-corrected chi connectivity index (χ3v) is 3.32. The van der Waals surface area contributed by atoms with Crippen LogP contribution in [0.25, 0.3) is 0 Å². The number of anilines is 1. The van der Waals surface area contributed by atoms with E-state index < -0.39 is 0 Å². The Kier molecular flexibility index (Phi) is 4.87. The largest absolute Gasteiger partial charge is 0.387 e. The predicted molar refractivity (Wildman–Crippen MR) is 81.0 cm³/mol. The zero-order valence-electron chi connectivity index (χ0n) is 12.1. The number of hydrogen-bond acceptors (Lipinski definition) is 3. The van der Waals surface area contributed by atoms with Crippen molar-refractivity contribution in [2.75, 3.05) is 18.9 Å². The lowest BCUT2D eigenvalue weighted by Crippen LogP contribution is -2.26. The van der Waals surface area contributed by atoms with Crippen molar-refractivity contribution in [2.45, 2.75) is 13.3 Å². The summed E-state index contributed by atoms with van der Waals surface area (Å²) in [5.74, 6) is -0.415. The molecule has 5 heteroatoms. The molecule has 4 nitrogen and oxygen atoms in total. The monoisotopic (exact) mass is 287 g/mol. The third-order valence-electron chi connectivity index (χ3n) is 3.32. The molecule has 0 aliphatic heterocycles. The van der Waals surface area contributed by atoms with Gasteiger partial charge in [-0.1, -0.05) is 6.07 Å². The molecule has 1 amide bonds. The molecule has 1 aromatic carbocycles. The van der Waals surface area contributed by atoms with Crippen LogP contribution in [-0.2, 0) is 6.42 Å². The van der Waals surface area contributed by atoms with Gasteiger partial charge in [0.2, 0.25) is 0 Å². The fraction of sp³-hybridized carbons (Fsp3) is 0.250. The Balaban J connectivity index is 1.95. The Bertz CT molecular complexity index is 643. The number of nitrogens with one attached hydrogen (secondary N) is 2. The Hall–Kier alpha value is -2.43. The van der Waals surface area contributed by atoms with E-state index >= 15 is 0 Å². The molecule has 0 fully saturated rings. The summed E-state index contributed by atoms with van der Waals surface area (Å²) >= 11 is 0. The molecule has 0 radical (unpaired) electrons. The first kappa shape index (κ1) is 15.0. The number of aromatic nitrogens is 1. The second kappa shape index (κ2) is 6.83. The van der Waals surface area contributed by atoms with Gasteiger partial charge in [0, 0.05) is 31.7 Å². The minimum absolute atomic E-state index is 0.174. The lowest BCUT2D eigenvalue weighted by Gasteiger charge is -2.10. The van der Waals surface area contributed by atoms with Crippen LogP contribution in [0.2, 0.25) is 0 Å². The van der Waals surface area contributed by atoms with Gasteiger partial charge in [-0.05, 0) is 42.7 Å². The molecule has 1 heterocycles.